The maximum atomic E-state index is 10.9. The molecule has 0 fully saturated rings. The van der Waals surface area contributed by atoms with Gasteiger partial charge in [-0.2, -0.15) is 0 Å². The van der Waals surface area contributed by atoms with Gasteiger partial charge in [0.1, 0.15) is 0 Å². The highest BCUT2D eigenvalue weighted by atomic mass is 16.6. The van der Waals surface area contributed by atoms with Gasteiger partial charge >= 0.3 is 0 Å². The first-order chi connectivity index (χ1) is 9.19. The molecule has 0 heterocycles. The van der Waals surface area contributed by atoms with Gasteiger partial charge in [0.25, 0.3) is 5.69 Å². The molecule has 1 aromatic carbocycles. The van der Waals surface area contributed by atoms with Crippen LogP contribution >= 0.6 is 0 Å². The van der Waals surface area contributed by atoms with Gasteiger partial charge in [0.05, 0.1) is 11.5 Å². The molecule has 0 aliphatic rings. The Morgan fingerprint density at radius 3 is 2.84 bits per heavy atom. The first-order valence-electron chi connectivity index (χ1n) is 6.24. The van der Waals surface area contributed by atoms with Gasteiger partial charge in [0.15, 0.2) is 0 Å². The Kier molecular flexibility index (Phi) is 7.02. The van der Waals surface area contributed by atoms with Crippen LogP contribution in [0.15, 0.2) is 24.3 Å². The molecule has 2 N–H and O–H groups in total. The van der Waals surface area contributed by atoms with Crippen molar-refractivity contribution < 1.29 is 14.8 Å². The van der Waals surface area contributed by atoms with Gasteiger partial charge < -0.3 is 15.2 Å². The number of rotatable bonds is 9. The number of benzene rings is 1. The number of aliphatic hydroxyl groups is 1. The Labute approximate surface area is 112 Å². The number of nitro groups is 1. The van der Waals surface area contributed by atoms with Crippen LogP contribution in [0.4, 0.5) is 5.69 Å². The normalized spacial score (nSPS) is 12.3. The van der Waals surface area contributed by atoms with Crippen molar-refractivity contribution in [3.8, 4) is 0 Å². The van der Waals surface area contributed by atoms with Gasteiger partial charge in [-0.25, -0.2) is 0 Å². The third-order valence-corrected chi connectivity index (χ3v) is 2.86. The van der Waals surface area contributed by atoms with Crippen molar-refractivity contribution in [2.24, 2.45) is 0 Å². The molecule has 0 spiro atoms. The molecule has 1 unspecified atom stereocenters. The lowest BCUT2D eigenvalue weighted by molar-refractivity contribution is -0.385. The third-order valence-electron chi connectivity index (χ3n) is 2.86. The molecule has 0 saturated heterocycles. The van der Waals surface area contributed by atoms with E-state index < -0.39 is 0 Å². The van der Waals surface area contributed by atoms with Crippen molar-refractivity contribution in [3.63, 3.8) is 0 Å². The predicted molar refractivity (Wildman–Crippen MR) is 72.2 cm³/mol. The number of hydrogen-bond acceptors (Lipinski definition) is 5. The van der Waals surface area contributed by atoms with Crippen LogP contribution in [0, 0.1) is 10.1 Å². The zero-order valence-corrected chi connectivity index (χ0v) is 11.0. The summed E-state index contributed by atoms with van der Waals surface area (Å²) < 4.78 is 5.04. The average Bonchev–Trinajstić information content (AvgIpc) is 2.39. The molecule has 0 aliphatic carbocycles. The van der Waals surface area contributed by atoms with Gasteiger partial charge in [-0.15, -0.1) is 0 Å². The van der Waals surface area contributed by atoms with Crippen molar-refractivity contribution in [1.82, 2.24) is 5.32 Å². The van der Waals surface area contributed by atoms with Crippen LogP contribution in [0.5, 0.6) is 0 Å². The van der Waals surface area contributed by atoms with E-state index in [1.54, 1.807) is 25.3 Å². The number of nitrogens with zero attached hydrogens (tertiary/aromatic N) is 1. The van der Waals surface area contributed by atoms with Crippen LogP contribution in [0.1, 0.15) is 12.0 Å². The lowest BCUT2D eigenvalue weighted by atomic mass is 10.1. The molecular formula is C13H20N2O4. The quantitative estimate of drug-likeness (QED) is 0.518. The van der Waals surface area contributed by atoms with Gasteiger partial charge in [-0.05, 0) is 19.4 Å². The standard InChI is InChI=1S/C13H20N2O4/c1-19-10-12(7-9-16)14-8-6-11-4-2-3-5-13(11)15(17)18/h2-5,12,14,16H,6-10H2,1H3. The Morgan fingerprint density at radius 1 is 1.47 bits per heavy atom. The van der Waals surface area contributed by atoms with Gasteiger partial charge in [-0.3, -0.25) is 10.1 Å². The minimum atomic E-state index is -0.365. The van der Waals surface area contributed by atoms with E-state index >= 15 is 0 Å². The fourth-order valence-corrected chi connectivity index (χ4v) is 1.91. The number of aliphatic hydroxyl groups excluding tert-OH is 1. The molecule has 0 bridgehead atoms. The lowest BCUT2D eigenvalue weighted by Crippen LogP contribution is -2.35. The molecule has 0 saturated carbocycles. The second-order valence-corrected chi connectivity index (χ2v) is 4.25. The molecular weight excluding hydrogens is 248 g/mol. The van der Waals surface area contributed by atoms with Gasteiger partial charge in [-0.1, -0.05) is 18.2 Å². The Balaban J connectivity index is 2.50. The molecule has 19 heavy (non-hydrogen) atoms. The Bertz CT molecular complexity index is 392. The van der Waals surface area contributed by atoms with Gasteiger partial charge in [0, 0.05) is 31.4 Å². The summed E-state index contributed by atoms with van der Waals surface area (Å²) in [6, 6.07) is 6.79. The summed E-state index contributed by atoms with van der Waals surface area (Å²) in [6.45, 7) is 1.21. The number of methoxy groups -OCH3 is 1. The predicted octanol–water partition coefficient (Wildman–Crippen LogP) is 1.12. The second-order valence-electron chi connectivity index (χ2n) is 4.25. The maximum Gasteiger partial charge on any atom is 0.272 e. The van der Waals surface area contributed by atoms with Crippen molar-refractivity contribution in [2.75, 3.05) is 26.9 Å². The monoisotopic (exact) mass is 268 g/mol. The second kappa shape index (κ2) is 8.58. The molecule has 106 valence electrons. The largest absolute Gasteiger partial charge is 0.396 e. The fraction of sp³-hybridized carbons (Fsp3) is 0.538. The van der Waals surface area contributed by atoms with Crippen LogP contribution in [-0.4, -0.2) is 42.9 Å². The minimum absolute atomic E-state index is 0.0674. The summed E-state index contributed by atoms with van der Waals surface area (Å²) in [5.41, 5.74) is 0.856. The minimum Gasteiger partial charge on any atom is -0.396 e. The lowest BCUT2D eigenvalue weighted by Gasteiger charge is -2.16. The van der Waals surface area contributed by atoms with Crippen LogP contribution in [-0.2, 0) is 11.2 Å². The van der Waals surface area contributed by atoms with E-state index in [0.29, 0.717) is 31.6 Å². The highest BCUT2D eigenvalue weighted by Gasteiger charge is 2.12. The third kappa shape index (κ3) is 5.34. The summed E-state index contributed by atoms with van der Waals surface area (Å²) in [6.07, 6.45) is 1.17. The van der Waals surface area contributed by atoms with E-state index in [-0.39, 0.29) is 23.3 Å². The molecule has 0 amide bonds. The van der Waals surface area contributed by atoms with Crippen molar-refractivity contribution in [3.05, 3.63) is 39.9 Å². The molecule has 1 atom stereocenters. The number of nitro benzene ring substituents is 1. The van der Waals surface area contributed by atoms with Crippen LogP contribution in [0.2, 0.25) is 0 Å². The molecule has 1 aromatic rings. The average molecular weight is 268 g/mol. The van der Waals surface area contributed by atoms with E-state index in [0.717, 1.165) is 0 Å². The van der Waals surface area contributed by atoms with Crippen molar-refractivity contribution >= 4 is 5.69 Å². The number of para-hydroxylation sites is 1. The summed E-state index contributed by atoms with van der Waals surface area (Å²) in [5, 5.41) is 23.0. The number of nitrogens with one attached hydrogen (secondary N) is 1. The molecule has 1 rings (SSSR count). The van der Waals surface area contributed by atoms with Crippen molar-refractivity contribution in [1.29, 1.82) is 0 Å². The number of hydrogen-bond donors (Lipinski definition) is 2. The maximum absolute atomic E-state index is 10.9. The van der Waals surface area contributed by atoms with E-state index in [2.05, 4.69) is 5.32 Å². The van der Waals surface area contributed by atoms with Crippen LogP contribution in [0.25, 0.3) is 0 Å². The topological polar surface area (TPSA) is 84.6 Å². The van der Waals surface area contributed by atoms with Crippen LogP contribution in [0.3, 0.4) is 0 Å². The molecule has 0 radical (unpaired) electrons. The Hall–Kier alpha value is -1.50. The molecule has 6 heteroatoms. The number of ether oxygens (including phenoxy) is 1. The summed E-state index contributed by atoms with van der Waals surface area (Å²) in [7, 11) is 1.61. The van der Waals surface area contributed by atoms with E-state index in [1.807, 2.05) is 0 Å². The summed E-state index contributed by atoms with van der Waals surface area (Å²) in [5.74, 6) is 0. The summed E-state index contributed by atoms with van der Waals surface area (Å²) >= 11 is 0. The zero-order chi connectivity index (χ0) is 14.1. The first kappa shape index (κ1) is 15.6. The van der Waals surface area contributed by atoms with Crippen molar-refractivity contribution in [2.45, 2.75) is 18.9 Å². The fourth-order valence-electron chi connectivity index (χ4n) is 1.91. The SMILES string of the molecule is COCC(CCO)NCCc1ccccc1[N+](=O)[O-]. The van der Waals surface area contributed by atoms with E-state index in [1.165, 1.54) is 6.07 Å². The van der Waals surface area contributed by atoms with E-state index in [4.69, 9.17) is 9.84 Å². The smallest absolute Gasteiger partial charge is 0.272 e. The highest BCUT2D eigenvalue weighted by molar-refractivity contribution is 5.39. The molecule has 6 nitrogen and oxygen atoms in total. The summed E-state index contributed by atoms with van der Waals surface area (Å²) in [4.78, 5) is 10.5. The van der Waals surface area contributed by atoms with E-state index in [9.17, 15) is 10.1 Å². The highest BCUT2D eigenvalue weighted by Crippen LogP contribution is 2.17. The molecule has 0 aliphatic heterocycles. The van der Waals surface area contributed by atoms with Crippen LogP contribution < -0.4 is 5.32 Å². The van der Waals surface area contributed by atoms with Gasteiger partial charge in [0.2, 0.25) is 0 Å². The Morgan fingerprint density at radius 2 is 2.21 bits per heavy atom. The molecule has 0 aromatic heterocycles. The zero-order valence-electron chi connectivity index (χ0n) is 11.0. The first-order valence-corrected chi connectivity index (χ1v) is 6.24.